The molecule has 1 aliphatic carbocycles. The summed E-state index contributed by atoms with van der Waals surface area (Å²) in [5.41, 5.74) is -0.618. The molecule has 0 aromatic carbocycles. The molecule has 4 nitrogen and oxygen atoms in total. The third kappa shape index (κ3) is 4.86. The summed E-state index contributed by atoms with van der Waals surface area (Å²) >= 11 is 0. The first-order chi connectivity index (χ1) is 8.29. The van der Waals surface area contributed by atoms with Gasteiger partial charge in [-0.1, -0.05) is 33.6 Å². The average molecular weight is 277 g/mol. The molecule has 0 aromatic heterocycles. The minimum atomic E-state index is -3.28. The highest BCUT2D eigenvalue weighted by atomic mass is 32.2. The van der Waals surface area contributed by atoms with Crippen molar-refractivity contribution in [1.29, 1.82) is 0 Å². The van der Waals surface area contributed by atoms with Crippen LogP contribution in [0, 0.1) is 11.8 Å². The Morgan fingerprint density at radius 3 is 2.61 bits per heavy atom. The largest absolute Gasteiger partial charge is 0.394 e. The molecule has 5 heteroatoms. The molecule has 0 radical (unpaired) electrons. The third-order valence-electron chi connectivity index (χ3n) is 3.73. The second kappa shape index (κ2) is 6.35. The predicted octanol–water partition coefficient (Wildman–Crippen LogP) is 1.89. The van der Waals surface area contributed by atoms with Crippen LogP contribution in [0.1, 0.15) is 52.9 Å². The normalized spacial score (nSPS) is 29.7. The third-order valence-corrected chi connectivity index (χ3v) is 5.25. The number of rotatable bonds is 6. The summed E-state index contributed by atoms with van der Waals surface area (Å²) in [5.74, 6) is 0.997. The van der Waals surface area contributed by atoms with E-state index in [1.807, 2.05) is 13.8 Å². The van der Waals surface area contributed by atoms with Gasteiger partial charge in [0.1, 0.15) is 0 Å². The second-order valence-electron chi connectivity index (χ2n) is 6.24. The number of aliphatic hydroxyl groups excluding tert-OH is 1. The van der Waals surface area contributed by atoms with Crippen LogP contribution < -0.4 is 4.72 Å². The van der Waals surface area contributed by atoms with Crippen molar-refractivity contribution in [1.82, 2.24) is 4.72 Å². The lowest BCUT2D eigenvalue weighted by molar-refractivity contribution is 0.119. The van der Waals surface area contributed by atoms with Crippen molar-refractivity contribution in [3.8, 4) is 0 Å². The van der Waals surface area contributed by atoms with Gasteiger partial charge in [0.15, 0.2) is 0 Å². The van der Waals surface area contributed by atoms with Crippen molar-refractivity contribution in [2.75, 3.05) is 12.4 Å². The highest BCUT2D eigenvalue weighted by Gasteiger charge is 2.37. The lowest BCUT2D eigenvalue weighted by atomic mass is 9.78. The maximum Gasteiger partial charge on any atom is 0.212 e. The van der Waals surface area contributed by atoms with Crippen LogP contribution in [0.3, 0.4) is 0 Å². The van der Waals surface area contributed by atoms with Crippen molar-refractivity contribution in [3.63, 3.8) is 0 Å². The average Bonchev–Trinajstić information content (AvgIpc) is 2.26. The summed E-state index contributed by atoms with van der Waals surface area (Å²) in [5, 5.41) is 9.57. The van der Waals surface area contributed by atoms with Crippen molar-refractivity contribution in [2.24, 2.45) is 11.8 Å². The van der Waals surface area contributed by atoms with Crippen molar-refractivity contribution < 1.29 is 13.5 Å². The van der Waals surface area contributed by atoms with E-state index in [-0.39, 0.29) is 12.4 Å². The monoisotopic (exact) mass is 277 g/mol. The van der Waals surface area contributed by atoms with E-state index in [4.69, 9.17) is 0 Å². The highest BCUT2D eigenvalue weighted by molar-refractivity contribution is 7.89. The Morgan fingerprint density at radius 1 is 1.44 bits per heavy atom. The van der Waals surface area contributed by atoms with Gasteiger partial charge in [-0.05, 0) is 31.1 Å². The minimum Gasteiger partial charge on any atom is -0.394 e. The molecule has 2 atom stereocenters. The van der Waals surface area contributed by atoms with Crippen LogP contribution in [-0.4, -0.2) is 31.4 Å². The fraction of sp³-hybridized carbons (Fsp3) is 1.00. The molecule has 0 amide bonds. The van der Waals surface area contributed by atoms with Crippen LogP contribution in [0.15, 0.2) is 0 Å². The van der Waals surface area contributed by atoms with Crippen LogP contribution >= 0.6 is 0 Å². The summed E-state index contributed by atoms with van der Waals surface area (Å²) in [6.07, 6.45) is 4.25. The molecule has 0 aromatic rings. The maximum atomic E-state index is 12.1. The van der Waals surface area contributed by atoms with Gasteiger partial charge >= 0.3 is 0 Å². The van der Waals surface area contributed by atoms with Crippen molar-refractivity contribution >= 4 is 10.0 Å². The molecule has 0 bridgehead atoms. The number of hydrogen-bond donors (Lipinski definition) is 2. The number of nitrogens with one attached hydrogen (secondary N) is 1. The molecule has 2 N–H and O–H groups in total. The highest BCUT2D eigenvalue weighted by Crippen LogP contribution is 2.32. The van der Waals surface area contributed by atoms with E-state index < -0.39 is 15.6 Å². The van der Waals surface area contributed by atoms with Gasteiger partial charge < -0.3 is 5.11 Å². The molecule has 0 heterocycles. The van der Waals surface area contributed by atoms with E-state index in [2.05, 4.69) is 11.6 Å². The van der Waals surface area contributed by atoms with Gasteiger partial charge in [-0.3, -0.25) is 0 Å². The van der Waals surface area contributed by atoms with E-state index in [0.717, 1.165) is 25.7 Å². The van der Waals surface area contributed by atoms with Gasteiger partial charge in [-0.15, -0.1) is 0 Å². The molecule has 18 heavy (non-hydrogen) atoms. The van der Waals surface area contributed by atoms with Gasteiger partial charge in [0.05, 0.1) is 17.9 Å². The topological polar surface area (TPSA) is 66.4 Å². The van der Waals surface area contributed by atoms with Gasteiger partial charge in [0, 0.05) is 0 Å². The predicted molar refractivity (Wildman–Crippen MR) is 73.8 cm³/mol. The Bertz CT molecular complexity index is 353. The molecular formula is C13H27NO3S. The smallest absolute Gasteiger partial charge is 0.212 e. The zero-order valence-corrected chi connectivity index (χ0v) is 12.6. The van der Waals surface area contributed by atoms with E-state index in [0.29, 0.717) is 18.3 Å². The van der Waals surface area contributed by atoms with Gasteiger partial charge in [-0.25, -0.2) is 13.1 Å². The van der Waals surface area contributed by atoms with Crippen molar-refractivity contribution in [2.45, 2.75) is 58.4 Å². The van der Waals surface area contributed by atoms with E-state index >= 15 is 0 Å². The molecular weight excluding hydrogens is 250 g/mol. The quantitative estimate of drug-likeness (QED) is 0.779. The molecule has 0 aliphatic heterocycles. The van der Waals surface area contributed by atoms with Gasteiger partial charge in [0.25, 0.3) is 0 Å². The zero-order valence-electron chi connectivity index (χ0n) is 11.8. The Balaban J connectivity index is 2.66. The number of aliphatic hydroxyl groups is 1. The van der Waals surface area contributed by atoms with Crippen LogP contribution in [0.2, 0.25) is 0 Å². The van der Waals surface area contributed by atoms with Crippen LogP contribution in [-0.2, 0) is 10.0 Å². The van der Waals surface area contributed by atoms with E-state index in [9.17, 15) is 13.5 Å². The van der Waals surface area contributed by atoms with Gasteiger partial charge in [0.2, 0.25) is 10.0 Å². The Labute approximate surface area is 111 Å². The molecule has 2 unspecified atom stereocenters. The number of hydrogen-bond acceptors (Lipinski definition) is 3. The van der Waals surface area contributed by atoms with E-state index in [1.165, 1.54) is 0 Å². The van der Waals surface area contributed by atoms with Crippen LogP contribution in [0.25, 0.3) is 0 Å². The summed E-state index contributed by atoms with van der Waals surface area (Å²) in [6, 6.07) is 0. The molecule has 1 saturated carbocycles. The number of sulfonamides is 1. The summed E-state index contributed by atoms with van der Waals surface area (Å²) < 4.78 is 26.9. The Hall–Kier alpha value is -0.130. The zero-order chi connectivity index (χ0) is 13.8. The molecule has 1 rings (SSSR count). The standard InChI is InChI=1S/C13H27NO3S/c1-11(2)6-8-18(16,17)14-13(10-15)7-4-5-12(3)9-13/h11-12,14-15H,4-10H2,1-3H3. The summed E-state index contributed by atoms with van der Waals surface area (Å²) in [7, 11) is -3.28. The molecule has 0 saturated heterocycles. The Morgan fingerprint density at radius 2 is 2.11 bits per heavy atom. The maximum absolute atomic E-state index is 12.1. The molecule has 0 spiro atoms. The van der Waals surface area contributed by atoms with Gasteiger partial charge in [-0.2, -0.15) is 0 Å². The minimum absolute atomic E-state index is 0.0990. The molecule has 1 fully saturated rings. The van der Waals surface area contributed by atoms with Crippen LogP contribution in [0.5, 0.6) is 0 Å². The lowest BCUT2D eigenvalue weighted by Crippen LogP contribution is -2.54. The molecule has 1 aliphatic rings. The SMILES string of the molecule is CC(C)CCS(=O)(=O)NC1(CO)CCCC(C)C1. The first-order valence-corrected chi connectivity index (χ1v) is 8.56. The first kappa shape index (κ1) is 15.9. The first-order valence-electron chi connectivity index (χ1n) is 6.91. The molecule has 108 valence electrons. The lowest BCUT2D eigenvalue weighted by Gasteiger charge is -2.39. The fourth-order valence-electron chi connectivity index (χ4n) is 2.70. The Kier molecular flexibility index (Phi) is 5.62. The van der Waals surface area contributed by atoms with Crippen LogP contribution in [0.4, 0.5) is 0 Å². The summed E-state index contributed by atoms with van der Waals surface area (Å²) in [6.45, 7) is 6.05. The van der Waals surface area contributed by atoms with Crippen molar-refractivity contribution in [3.05, 3.63) is 0 Å². The fourth-order valence-corrected chi connectivity index (χ4v) is 4.49. The van der Waals surface area contributed by atoms with E-state index in [1.54, 1.807) is 0 Å². The summed E-state index contributed by atoms with van der Waals surface area (Å²) in [4.78, 5) is 0. The second-order valence-corrected chi connectivity index (χ2v) is 8.09.